The van der Waals surface area contributed by atoms with E-state index in [0.29, 0.717) is 0 Å². The predicted molar refractivity (Wildman–Crippen MR) is 57.7 cm³/mol. The number of nitrogens with two attached hydrogens (primary N) is 1. The van der Waals surface area contributed by atoms with Crippen LogP contribution in [-0.2, 0) is 0 Å². The average Bonchev–Trinajstić information content (AvgIpc) is 2.64. The van der Waals surface area contributed by atoms with Gasteiger partial charge in [-0.25, -0.2) is 4.98 Å². The molecule has 0 unspecified atom stereocenters. The van der Waals surface area contributed by atoms with E-state index in [1.807, 2.05) is 13.1 Å². The Hall–Kier alpha value is -1.87. The number of nitrogens with zero attached hydrogens (tertiary/aromatic N) is 4. The summed E-state index contributed by atoms with van der Waals surface area (Å²) in [6, 6.07) is 1.94. The fraction of sp³-hybridized carbons (Fsp3) is 0.500. The van der Waals surface area contributed by atoms with E-state index in [1.54, 1.807) is 0 Å². The lowest BCUT2D eigenvalue weighted by Crippen LogP contribution is -2.22. The molecule has 1 aliphatic heterocycles. The van der Waals surface area contributed by atoms with Gasteiger partial charge in [-0.2, -0.15) is 10.2 Å². The molecule has 2 heterocycles. The number of nitriles is 1. The number of rotatable bonds is 2. The predicted octanol–water partition coefficient (Wildman–Crippen LogP) is 0.0134. The summed E-state index contributed by atoms with van der Waals surface area (Å²) in [7, 11) is 2.03. The van der Waals surface area contributed by atoms with Crippen LogP contribution in [0, 0.1) is 11.3 Å². The standard InChI is InChI=1S/C10H13N5O/c1-15-3-2-7(6-15)16-10-8(4-11)13-5-9(12)14-10/h5,7H,2-3,6H2,1H3,(H2,12,14)/t7-/m1/s1. The molecule has 1 aliphatic rings. The van der Waals surface area contributed by atoms with Crippen LogP contribution < -0.4 is 10.5 Å². The zero-order chi connectivity index (χ0) is 11.5. The van der Waals surface area contributed by atoms with Gasteiger partial charge in [-0.05, 0) is 13.5 Å². The lowest BCUT2D eigenvalue weighted by Gasteiger charge is -2.13. The maximum atomic E-state index is 8.85. The van der Waals surface area contributed by atoms with Gasteiger partial charge in [0.2, 0.25) is 5.69 Å². The van der Waals surface area contributed by atoms with Gasteiger partial charge in [0.25, 0.3) is 5.88 Å². The molecule has 2 rings (SSSR count). The number of nitrogen functional groups attached to an aromatic ring is 1. The smallest absolute Gasteiger partial charge is 0.253 e. The van der Waals surface area contributed by atoms with Crippen LogP contribution >= 0.6 is 0 Å². The largest absolute Gasteiger partial charge is 0.471 e. The summed E-state index contributed by atoms with van der Waals surface area (Å²) in [5.41, 5.74) is 5.69. The molecular formula is C10H13N5O. The Balaban J connectivity index is 2.14. The highest BCUT2D eigenvalue weighted by Gasteiger charge is 2.22. The molecule has 6 heteroatoms. The monoisotopic (exact) mass is 219 g/mol. The fourth-order valence-corrected chi connectivity index (χ4v) is 1.69. The number of anilines is 1. The normalized spacial score (nSPS) is 20.6. The van der Waals surface area contributed by atoms with Gasteiger partial charge in [-0.15, -0.1) is 0 Å². The second-order valence-corrected chi connectivity index (χ2v) is 3.85. The van der Waals surface area contributed by atoms with Crippen LogP contribution in [0.15, 0.2) is 6.20 Å². The first-order valence-electron chi connectivity index (χ1n) is 5.07. The molecule has 0 aliphatic carbocycles. The van der Waals surface area contributed by atoms with Gasteiger partial charge in [0.05, 0.1) is 6.20 Å². The van der Waals surface area contributed by atoms with Gasteiger partial charge < -0.3 is 15.4 Å². The quantitative estimate of drug-likeness (QED) is 0.754. The second kappa shape index (κ2) is 4.33. The summed E-state index contributed by atoms with van der Waals surface area (Å²) in [5, 5.41) is 8.85. The molecule has 0 saturated carbocycles. The van der Waals surface area contributed by atoms with Crippen molar-refractivity contribution in [2.24, 2.45) is 0 Å². The van der Waals surface area contributed by atoms with Gasteiger partial charge >= 0.3 is 0 Å². The number of likely N-dealkylation sites (N-methyl/N-ethyl adjacent to an activating group) is 1. The first-order valence-corrected chi connectivity index (χ1v) is 5.07. The van der Waals surface area contributed by atoms with Crippen molar-refractivity contribution >= 4 is 5.82 Å². The lowest BCUT2D eigenvalue weighted by atomic mass is 10.3. The molecule has 1 saturated heterocycles. The third kappa shape index (κ3) is 2.20. The highest BCUT2D eigenvalue weighted by molar-refractivity contribution is 5.37. The second-order valence-electron chi connectivity index (χ2n) is 3.85. The SMILES string of the molecule is CN1CC[C@@H](Oc2nc(N)cnc2C#N)C1. The van der Waals surface area contributed by atoms with E-state index in [0.717, 1.165) is 19.5 Å². The highest BCUT2D eigenvalue weighted by Crippen LogP contribution is 2.18. The molecular weight excluding hydrogens is 206 g/mol. The van der Waals surface area contributed by atoms with Crippen LogP contribution in [0.25, 0.3) is 0 Å². The molecule has 0 spiro atoms. The average molecular weight is 219 g/mol. The molecule has 2 N–H and O–H groups in total. The summed E-state index contributed by atoms with van der Waals surface area (Å²) in [6.45, 7) is 1.82. The first kappa shape index (κ1) is 10.6. The Morgan fingerprint density at radius 2 is 2.50 bits per heavy atom. The van der Waals surface area contributed by atoms with Crippen molar-refractivity contribution in [3.05, 3.63) is 11.9 Å². The molecule has 0 radical (unpaired) electrons. The molecule has 6 nitrogen and oxygen atoms in total. The van der Waals surface area contributed by atoms with Crippen LogP contribution in [0.4, 0.5) is 5.82 Å². The van der Waals surface area contributed by atoms with Crippen molar-refractivity contribution in [3.8, 4) is 11.9 Å². The Labute approximate surface area is 93.7 Å². The van der Waals surface area contributed by atoms with E-state index in [2.05, 4.69) is 14.9 Å². The van der Waals surface area contributed by atoms with Gasteiger partial charge in [-0.3, -0.25) is 0 Å². The molecule has 1 atom stereocenters. The van der Waals surface area contributed by atoms with Crippen LogP contribution in [0.5, 0.6) is 5.88 Å². The molecule has 0 bridgehead atoms. The fourth-order valence-electron chi connectivity index (χ4n) is 1.69. The van der Waals surface area contributed by atoms with Gasteiger partial charge in [0.15, 0.2) is 0 Å². The summed E-state index contributed by atoms with van der Waals surface area (Å²) < 4.78 is 5.63. The Bertz CT molecular complexity index is 428. The Morgan fingerprint density at radius 3 is 3.12 bits per heavy atom. The lowest BCUT2D eigenvalue weighted by molar-refractivity contribution is 0.199. The molecule has 0 aromatic carbocycles. The zero-order valence-corrected chi connectivity index (χ0v) is 9.05. The maximum Gasteiger partial charge on any atom is 0.253 e. The zero-order valence-electron chi connectivity index (χ0n) is 9.05. The van der Waals surface area contributed by atoms with E-state index in [1.165, 1.54) is 6.20 Å². The molecule has 16 heavy (non-hydrogen) atoms. The number of hydrogen-bond donors (Lipinski definition) is 1. The van der Waals surface area contributed by atoms with E-state index in [4.69, 9.17) is 15.7 Å². The summed E-state index contributed by atoms with van der Waals surface area (Å²) >= 11 is 0. The van der Waals surface area contributed by atoms with E-state index in [-0.39, 0.29) is 23.5 Å². The van der Waals surface area contributed by atoms with Gasteiger partial charge in [0.1, 0.15) is 18.0 Å². The van der Waals surface area contributed by atoms with Crippen LogP contribution in [0.1, 0.15) is 12.1 Å². The number of aromatic nitrogens is 2. The molecule has 1 aromatic rings. The Kier molecular flexibility index (Phi) is 2.88. The number of hydrogen-bond acceptors (Lipinski definition) is 6. The van der Waals surface area contributed by atoms with Crippen molar-refractivity contribution in [1.29, 1.82) is 5.26 Å². The first-order chi connectivity index (χ1) is 7.69. The molecule has 0 amide bonds. The van der Waals surface area contributed by atoms with Gasteiger partial charge in [-0.1, -0.05) is 0 Å². The van der Waals surface area contributed by atoms with Crippen molar-refractivity contribution in [1.82, 2.24) is 14.9 Å². The number of likely N-dealkylation sites (tertiary alicyclic amines) is 1. The highest BCUT2D eigenvalue weighted by atomic mass is 16.5. The maximum absolute atomic E-state index is 8.85. The van der Waals surface area contributed by atoms with Crippen LogP contribution in [0.2, 0.25) is 0 Å². The van der Waals surface area contributed by atoms with Crippen molar-refractivity contribution in [2.45, 2.75) is 12.5 Å². The summed E-state index contributed by atoms with van der Waals surface area (Å²) in [4.78, 5) is 10.0. The minimum Gasteiger partial charge on any atom is -0.471 e. The van der Waals surface area contributed by atoms with Crippen molar-refractivity contribution in [2.75, 3.05) is 25.9 Å². The van der Waals surface area contributed by atoms with Crippen LogP contribution in [0.3, 0.4) is 0 Å². The molecule has 1 fully saturated rings. The minimum absolute atomic E-state index is 0.0631. The van der Waals surface area contributed by atoms with E-state index in [9.17, 15) is 0 Å². The topological polar surface area (TPSA) is 88.1 Å². The summed E-state index contributed by atoms with van der Waals surface area (Å²) in [6.07, 6.45) is 2.34. The summed E-state index contributed by atoms with van der Waals surface area (Å²) in [5.74, 6) is 0.503. The third-order valence-electron chi connectivity index (χ3n) is 2.49. The van der Waals surface area contributed by atoms with Gasteiger partial charge in [0, 0.05) is 13.1 Å². The Morgan fingerprint density at radius 1 is 1.69 bits per heavy atom. The number of ether oxygens (including phenoxy) is 1. The van der Waals surface area contributed by atoms with E-state index >= 15 is 0 Å². The van der Waals surface area contributed by atoms with Crippen LogP contribution in [-0.4, -0.2) is 41.1 Å². The van der Waals surface area contributed by atoms with E-state index < -0.39 is 0 Å². The molecule has 1 aromatic heterocycles. The minimum atomic E-state index is 0.0631. The van der Waals surface area contributed by atoms with Crippen molar-refractivity contribution in [3.63, 3.8) is 0 Å². The molecule has 84 valence electrons. The van der Waals surface area contributed by atoms with Crippen molar-refractivity contribution < 1.29 is 4.74 Å². The third-order valence-corrected chi connectivity index (χ3v) is 2.49.